The van der Waals surface area contributed by atoms with Crippen molar-refractivity contribution >= 4 is 21.6 Å². The maximum atomic E-state index is 12.9. The molecule has 146 valence electrons. The van der Waals surface area contributed by atoms with Gasteiger partial charge in [0.15, 0.2) is 0 Å². The van der Waals surface area contributed by atoms with Crippen LogP contribution in [0.2, 0.25) is 0 Å². The van der Waals surface area contributed by atoms with E-state index in [9.17, 15) is 17.6 Å². The predicted octanol–water partition coefficient (Wildman–Crippen LogP) is 2.90. The zero-order valence-electron chi connectivity index (χ0n) is 15.6. The number of nitrogens with zero attached hydrogens (tertiary/aromatic N) is 1. The van der Waals surface area contributed by atoms with Crippen LogP contribution in [0.5, 0.6) is 0 Å². The van der Waals surface area contributed by atoms with Crippen molar-refractivity contribution < 1.29 is 17.6 Å². The third-order valence-corrected chi connectivity index (χ3v) is 5.41. The van der Waals surface area contributed by atoms with E-state index in [1.807, 2.05) is 19.1 Å². The van der Waals surface area contributed by atoms with E-state index in [4.69, 9.17) is 0 Å². The van der Waals surface area contributed by atoms with Gasteiger partial charge in [-0.25, -0.2) is 12.8 Å². The Morgan fingerprint density at radius 3 is 2.41 bits per heavy atom. The van der Waals surface area contributed by atoms with Gasteiger partial charge in [0, 0.05) is 19.5 Å². The summed E-state index contributed by atoms with van der Waals surface area (Å²) < 4.78 is 38.6. The molecule has 0 spiro atoms. The van der Waals surface area contributed by atoms with E-state index in [1.54, 1.807) is 24.3 Å². The number of carbonyl (C=O) groups is 1. The first-order chi connectivity index (χ1) is 12.8. The SMILES string of the molecule is CCc1ccccc1N(CCC(=O)NCCc1ccc(F)cc1)S(C)(=O)=O. The number of nitrogens with one attached hydrogen (secondary N) is 1. The molecule has 0 aliphatic heterocycles. The highest BCUT2D eigenvalue weighted by atomic mass is 32.2. The molecule has 1 amide bonds. The molecule has 5 nitrogen and oxygen atoms in total. The van der Waals surface area contributed by atoms with Crippen molar-refractivity contribution in [3.05, 3.63) is 65.5 Å². The first-order valence-corrected chi connectivity index (χ1v) is 10.7. The minimum absolute atomic E-state index is 0.0640. The van der Waals surface area contributed by atoms with Crippen LogP contribution in [-0.2, 0) is 27.7 Å². The molecule has 0 radical (unpaired) electrons. The highest BCUT2D eigenvalue weighted by Gasteiger charge is 2.20. The normalized spacial score (nSPS) is 11.2. The van der Waals surface area contributed by atoms with Gasteiger partial charge in [-0.3, -0.25) is 9.10 Å². The van der Waals surface area contributed by atoms with Gasteiger partial charge in [0.25, 0.3) is 0 Å². The number of anilines is 1. The number of sulfonamides is 1. The van der Waals surface area contributed by atoms with Crippen molar-refractivity contribution in [2.75, 3.05) is 23.7 Å². The maximum absolute atomic E-state index is 12.9. The number of amides is 1. The number of hydrogen-bond donors (Lipinski definition) is 1. The number of carbonyl (C=O) groups excluding carboxylic acids is 1. The van der Waals surface area contributed by atoms with Crippen molar-refractivity contribution in [2.45, 2.75) is 26.2 Å². The number of hydrogen-bond acceptors (Lipinski definition) is 3. The second-order valence-electron chi connectivity index (χ2n) is 6.29. The Morgan fingerprint density at radius 1 is 1.11 bits per heavy atom. The zero-order valence-corrected chi connectivity index (χ0v) is 16.4. The predicted molar refractivity (Wildman–Crippen MR) is 106 cm³/mol. The Hall–Kier alpha value is -2.41. The third kappa shape index (κ3) is 6.36. The molecule has 27 heavy (non-hydrogen) atoms. The van der Waals surface area contributed by atoms with Gasteiger partial charge in [-0.05, 0) is 42.2 Å². The topological polar surface area (TPSA) is 66.5 Å². The molecule has 0 aliphatic rings. The Morgan fingerprint density at radius 2 is 1.78 bits per heavy atom. The summed E-state index contributed by atoms with van der Waals surface area (Å²) in [5.41, 5.74) is 2.45. The van der Waals surface area contributed by atoms with Crippen molar-refractivity contribution in [2.24, 2.45) is 0 Å². The average molecular weight is 392 g/mol. The van der Waals surface area contributed by atoms with Gasteiger partial charge < -0.3 is 5.32 Å². The Balaban J connectivity index is 1.92. The first kappa shape index (κ1) is 20.9. The molecule has 0 heterocycles. The van der Waals surface area contributed by atoms with Crippen LogP contribution >= 0.6 is 0 Å². The number of benzene rings is 2. The summed E-state index contributed by atoms with van der Waals surface area (Å²) in [4.78, 5) is 12.1. The fraction of sp³-hybridized carbons (Fsp3) is 0.350. The van der Waals surface area contributed by atoms with Crippen LogP contribution in [0.25, 0.3) is 0 Å². The maximum Gasteiger partial charge on any atom is 0.232 e. The van der Waals surface area contributed by atoms with E-state index in [2.05, 4.69) is 5.32 Å². The first-order valence-electron chi connectivity index (χ1n) is 8.88. The molecule has 2 aromatic carbocycles. The number of rotatable bonds is 9. The minimum Gasteiger partial charge on any atom is -0.356 e. The minimum atomic E-state index is -3.50. The lowest BCUT2D eigenvalue weighted by atomic mass is 10.1. The molecule has 0 saturated carbocycles. The molecule has 0 fully saturated rings. The fourth-order valence-electron chi connectivity index (χ4n) is 2.81. The quantitative estimate of drug-likeness (QED) is 0.714. The number of halogens is 1. The average Bonchev–Trinajstić information content (AvgIpc) is 2.63. The van der Waals surface area contributed by atoms with E-state index >= 15 is 0 Å². The van der Waals surface area contributed by atoms with E-state index in [0.29, 0.717) is 25.1 Å². The van der Waals surface area contributed by atoms with Crippen LogP contribution in [0, 0.1) is 5.82 Å². The van der Waals surface area contributed by atoms with Crippen LogP contribution in [0.4, 0.5) is 10.1 Å². The summed E-state index contributed by atoms with van der Waals surface area (Å²) in [6.45, 7) is 2.45. The summed E-state index contributed by atoms with van der Waals surface area (Å²) in [5.74, 6) is -0.518. The molecule has 0 bridgehead atoms. The van der Waals surface area contributed by atoms with E-state index in [-0.39, 0.29) is 24.7 Å². The van der Waals surface area contributed by atoms with E-state index < -0.39 is 10.0 Å². The van der Waals surface area contributed by atoms with Crippen molar-refractivity contribution in [1.82, 2.24) is 5.32 Å². The third-order valence-electron chi connectivity index (χ3n) is 4.23. The summed E-state index contributed by atoms with van der Waals surface area (Å²) in [6.07, 6.45) is 2.49. The summed E-state index contributed by atoms with van der Waals surface area (Å²) in [5, 5.41) is 2.78. The second-order valence-corrected chi connectivity index (χ2v) is 8.20. The van der Waals surface area contributed by atoms with Crippen LogP contribution in [-0.4, -0.2) is 33.7 Å². The zero-order chi connectivity index (χ0) is 19.9. The van der Waals surface area contributed by atoms with Crippen molar-refractivity contribution in [1.29, 1.82) is 0 Å². The monoisotopic (exact) mass is 392 g/mol. The molecular formula is C20H25FN2O3S. The lowest BCUT2D eigenvalue weighted by Crippen LogP contribution is -2.35. The Labute approximate surface area is 160 Å². The smallest absolute Gasteiger partial charge is 0.232 e. The van der Waals surface area contributed by atoms with Gasteiger partial charge in [-0.15, -0.1) is 0 Å². The lowest BCUT2D eigenvalue weighted by Gasteiger charge is -2.24. The number of para-hydroxylation sites is 1. The summed E-state index contributed by atoms with van der Waals surface area (Å²) in [7, 11) is -3.50. The van der Waals surface area contributed by atoms with Crippen LogP contribution in [0.1, 0.15) is 24.5 Å². The molecule has 2 rings (SSSR count). The fourth-order valence-corrected chi connectivity index (χ4v) is 3.77. The second kappa shape index (κ2) is 9.50. The molecule has 7 heteroatoms. The van der Waals surface area contributed by atoms with Gasteiger partial charge in [-0.2, -0.15) is 0 Å². The molecule has 1 N–H and O–H groups in total. The molecule has 0 atom stereocenters. The lowest BCUT2D eigenvalue weighted by molar-refractivity contribution is -0.120. The van der Waals surface area contributed by atoms with Gasteiger partial charge in [0.2, 0.25) is 15.9 Å². The Kier molecular flexibility index (Phi) is 7.36. The molecule has 0 unspecified atom stereocenters. The highest BCUT2D eigenvalue weighted by molar-refractivity contribution is 7.92. The van der Waals surface area contributed by atoms with Gasteiger partial charge in [0.1, 0.15) is 5.82 Å². The summed E-state index contributed by atoms with van der Waals surface area (Å²) in [6, 6.07) is 13.4. The molecule has 0 aliphatic carbocycles. The van der Waals surface area contributed by atoms with Crippen molar-refractivity contribution in [3.8, 4) is 0 Å². The molecule has 0 aromatic heterocycles. The van der Waals surface area contributed by atoms with Crippen molar-refractivity contribution in [3.63, 3.8) is 0 Å². The van der Waals surface area contributed by atoms with E-state index in [0.717, 1.165) is 17.4 Å². The largest absolute Gasteiger partial charge is 0.356 e. The van der Waals surface area contributed by atoms with Gasteiger partial charge in [0.05, 0.1) is 11.9 Å². The van der Waals surface area contributed by atoms with Gasteiger partial charge >= 0.3 is 0 Å². The van der Waals surface area contributed by atoms with Gasteiger partial charge in [-0.1, -0.05) is 37.3 Å². The highest BCUT2D eigenvalue weighted by Crippen LogP contribution is 2.23. The van der Waals surface area contributed by atoms with Crippen LogP contribution in [0.3, 0.4) is 0 Å². The van der Waals surface area contributed by atoms with Crippen LogP contribution in [0.15, 0.2) is 48.5 Å². The molecule has 2 aromatic rings. The standard InChI is InChI=1S/C20H25FN2O3S/c1-3-17-6-4-5-7-19(17)23(27(2,25)26)15-13-20(24)22-14-12-16-8-10-18(21)11-9-16/h4-11H,3,12-15H2,1-2H3,(H,22,24). The van der Waals surface area contributed by atoms with E-state index in [1.165, 1.54) is 16.4 Å². The number of aryl methyl sites for hydroxylation is 1. The Bertz CT molecular complexity index is 867. The van der Waals surface area contributed by atoms with Crippen LogP contribution < -0.4 is 9.62 Å². The summed E-state index contributed by atoms with van der Waals surface area (Å²) >= 11 is 0. The molecule has 0 saturated heterocycles. The molecular weight excluding hydrogens is 367 g/mol.